The molecule has 2 N–H and O–H groups in total. The van der Waals surface area contributed by atoms with Crippen LogP contribution in [0.3, 0.4) is 0 Å². The Hall–Kier alpha value is -1.97. The van der Waals surface area contributed by atoms with Crippen molar-refractivity contribution in [3.05, 3.63) is 41.0 Å². The van der Waals surface area contributed by atoms with E-state index in [1.807, 2.05) is 20.8 Å². The van der Waals surface area contributed by atoms with Gasteiger partial charge in [0.2, 0.25) is 0 Å². The molecule has 0 radical (unpaired) electrons. The maximum Gasteiger partial charge on any atom is 0.150 e. The van der Waals surface area contributed by atoms with E-state index in [0.717, 1.165) is 17.0 Å². The van der Waals surface area contributed by atoms with Crippen molar-refractivity contribution in [1.82, 2.24) is 9.97 Å². The van der Waals surface area contributed by atoms with Gasteiger partial charge in [-0.15, -0.1) is 0 Å². The zero-order valence-corrected chi connectivity index (χ0v) is 10.1. The second-order valence-electron chi connectivity index (χ2n) is 4.11. The number of nitrogen functional groups attached to an aromatic ring is 1. The van der Waals surface area contributed by atoms with Gasteiger partial charge in [0.1, 0.15) is 17.3 Å². The molecule has 1 aromatic carbocycles. The largest absolute Gasteiger partial charge is 0.382 e. The molecule has 2 rings (SSSR count). The molecule has 0 unspecified atom stereocenters. The average Bonchev–Trinajstić information content (AvgIpc) is 2.27. The van der Waals surface area contributed by atoms with Gasteiger partial charge in [-0.25, -0.2) is 14.4 Å². The predicted octanol–water partition coefficient (Wildman–Crippen LogP) is 2.79. The molecule has 88 valence electrons. The molecule has 0 spiro atoms. The Morgan fingerprint density at radius 1 is 1.06 bits per heavy atom. The van der Waals surface area contributed by atoms with Crippen LogP contribution in [-0.2, 0) is 0 Å². The van der Waals surface area contributed by atoms with Crippen molar-refractivity contribution < 1.29 is 4.39 Å². The van der Waals surface area contributed by atoms with E-state index in [2.05, 4.69) is 9.97 Å². The van der Waals surface area contributed by atoms with E-state index >= 15 is 0 Å². The summed E-state index contributed by atoms with van der Waals surface area (Å²) in [5.41, 5.74) is 9.10. The highest BCUT2D eigenvalue weighted by Gasteiger charge is 2.12. The van der Waals surface area contributed by atoms with Gasteiger partial charge in [-0.05, 0) is 32.9 Å². The summed E-state index contributed by atoms with van der Waals surface area (Å²) in [5, 5.41) is 0. The van der Waals surface area contributed by atoms with Crippen molar-refractivity contribution >= 4 is 5.82 Å². The number of nitrogens with two attached hydrogens (primary N) is 1. The predicted molar refractivity (Wildman–Crippen MR) is 66.0 cm³/mol. The van der Waals surface area contributed by atoms with Crippen LogP contribution in [0.15, 0.2) is 18.2 Å². The molecule has 1 heterocycles. The zero-order chi connectivity index (χ0) is 12.6. The highest BCUT2D eigenvalue weighted by atomic mass is 19.1. The fraction of sp³-hybridized carbons (Fsp3) is 0.231. The second-order valence-corrected chi connectivity index (χ2v) is 4.11. The van der Waals surface area contributed by atoms with Gasteiger partial charge in [0.15, 0.2) is 0 Å². The Morgan fingerprint density at radius 2 is 1.71 bits per heavy atom. The number of hydrogen-bond acceptors (Lipinski definition) is 3. The quantitative estimate of drug-likeness (QED) is 0.821. The van der Waals surface area contributed by atoms with Crippen LogP contribution < -0.4 is 5.73 Å². The van der Waals surface area contributed by atoms with E-state index in [0.29, 0.717) is 11.3 Å². The van der Waals surface area contributed by atoms with Crippen molar-refractivity contribution in [1.29, 1.82) is 0 Å². The van der Waals surface area contributed by atoms with Crippen LogP contribution in [0, 0.1) is 26.6 Å². The van der Waals surface area contributed by atoms with Gasteiger partial charge < -0.3 is 5.73 Å². The van der Waals surface area contributed by atoms with Gasteiger partial charge >= 0.3 is 0 Å². The molecule has 0 fully saturated rings. The summed E-state index contributed by atoms with van der Waals surface area (Å²) in [6.07, 6.45) is 0. The molecule has 4 heteroatoms. The second kappa shape index (κ2) is 4.13. The molecule has 1 aromatic heterocycles. The van der Waals surface area contributed by atoms with Crippen molar-refractivity contribution in [2.24, 2.45) is 0 Å². The van der Waals surface area contributed by atoms with Gasteiger partial charge in [-0.3, -0.25) is 0 Å². The normalized spacial score (nSPS) is 10.6. The summed E-state index contributed by atoms with van der Waals surface area (Å²) < 4.78 is 13.7. The van der Waals surface area contributed by atoms with E-state index in [1.54, 1.807) is 12.1 Å². The third-order valence-electron chi connectivity index (χ3n) is 2.71. The van der Waals surface area contributed by atoms with Gasteiger partial charge in [0, 0.05) is 5.56 Å². The van der Waals surface area contributed by atoms with E-state index in [-0.39, 0.29) is 11.6 Å². The summed E-state index contributed by atoms with van der Waals surface area (Å²) >= 11 is 0. The van der Waals surface area contributed by atoms with Crippen LogP contribution in [0.4, 0.5) is 10.2 Å². The first-order valence-corrected chi connectivity index (χ1v) is 5.36. The van der Waals surface area contributed by atoms with Crippen LogP contribution in [0.1, 0.15) is 17.0 Å². The monoisotopic (exact) mass is 231 g/mol. The number of aromatic nitrogens is 2. The van der Waals surface area contributed by atoms with Crippen LogP contribution in [0.5, 0.6) is 0 Å². The van der Waals surface area contributed by atoms with Crippen LogP contribution in [-0.4, -0.2) is 9.97 Å². The molecule has 2 aromatic rings. The standard InChI is InChI=1S/C13H14FN3/c1-7-4-5-11(14)10(6-7)12-13(15)17-9(3)8(2)16-12/h4-6H,1-3H3,(H2,15,17). The molecule has 3 nitrogen and oxygen atoms in total. The fourth-order valence-corrected chi connectivity index (χ4v) is 1.64. The van der Waals surface area contributed by atoms with Crippen LogP contribution in [0.25, 0.3) is 11.3 Å². The summed E-state index contributed by atoms with van der Waals surface area (Å²) in [7, 11) is 0. The Morgan fingerprint density at radius 3 is 2.41 bits per heavy atom. The van der Waals surface area contributed by atoms with Crippen molar-refractivity contribution in [2.45, 2.75) is 20.8 Å². The first-order chi connectivity index (χ1) is 7.99. The average molecular weight is 231 g/mol. The minimum atomic E-state index is -0.333. The Bertz CT molecular complexity index is 579. The molecule has 0 amide bonds. The molecule has 0 aliphatic rings. The van der Waals surface area contributed by atoms with Gasteiger partial charge in [-0.1, -0.05) is 11.6 Å². The lowest BCUT2D eigenvalue weighted by molar-refractivity contribution is 0.630. The summed E-state index contributed by atoms with van der Waals surface area (Å²) in [6.45, 7) is 5.56. The lowest BCUT2D eigenvalue weighted by atomic mass is 10.1. The Labute approximate surface area is 99.5 Å². The smallest absolute Gasteiger partial charge is 0.150 e. The number of anilines is 1. The molecule has 0 saturated heterocycles. The van der Waals surface area contributed by atoms with Gasteiger partial charge in [0.25, 0.3) is 0 Å². The Kier molecular flexibility index (Phi) is 2.79. The fourth-order valence-electron chi connectivity index (χ4n) is 1.64. The van der Waals surface area contributed by atoms with E-state index in [9.17, 15) is 4.39 Å². The molecule has 0 aliphatic heterocycles. The number of benzene rings is 1. The SMILES string of the molecule is Cc1ccc(F)c(-c2nc(C)c(C)nc2N)c1. The van der Waals surface area contributed by atoms with Crippen molar-refractivity contribution in [2.75, 3.05) is 5.73 Å². The number of halogens is 1. The zero-order valence-electron chi connectivity index (χ0n) is 10.1. The number of aryl methyl sites for hydroxylation is 3. The van der Waals surface area contributed by atoms with Gasteiger partial charge in [0.05, 0.1) is 11.4 Å². The first kappa shape index (κ1) is 11.5. The maximum absolute atomic E-state index is 13.7. The molecule has 0 aliphatic carbocycles. The topological polar surface area (TPSA) is 51.8 Å². The molecule has 17 heavy (non-hydrogen) atoms. The number of nitrogens with zero attached hydrogens (tertiary/aromatic N) is 2. The first-order valence-electron chi connectivity index (χ1n) is 5.36. The summed E-state index contributed by atoms with van der Waals surface area (Å²) in [5.74, 6) is -0.0718. The molecule has 0 saturated carbocycles. The highest BCUT2D eigenvalue weighted by molar-refractivity contribution is 5.71. The van der Waals surface area contributed by atoms with Crippen LogP contribution in [0.2, 0.25) is 0 Å². The van der Waals surface area contributed by atoms with E-state index in [1.165, 1.54) is 6.07 Å². The lowest BCUT2D eigenvalue weighted by Crippen LogP contribution is -2.03. The van der Waals surface area contributed by atoms with Crippen molar-refractivity contribution in [3.63, 3.8) is 0 Å². The summed E-state index contributed by atoms with van der Waals surface area (Å²) in [6, 6.07) is 4.86. The minimum Gasteiger partial charge on any atom is -0.382 e. The Balaban J connectivity index is 2.68. The van der Waals surface area contributed by atoms with Crippen LogP contribution >= 0.6 is 0 Å². The number of hydrogen-bond donors (Lipinski definition) is 1. The molecular formula is C13H14FN3. The van der Waals surface area contributed by atoms with Crippen molar-refractivity contribution in [3.8, 4) is 11.3 Å². The van der Waals surface area contributed by atoms with E-state index < -0.39 is 0 Å². The van der Waals surface area contributed by atoms with E-state index in [4.69, 9.17) is 5.73 Å². The minimum absolute atomic E-state index is 0.262. The third-order valence-corrected chi connectivity index (χ3v) is 2.71. The molecule has 0 bridgehead atoms. The number of rotatable bonds is 1. The highest BCUT2D eigenvalue weighted by Crippen LogP contribution is 2.26. The lowest BCUT2D eigenvalue weighted by Gasteiger charge is -2.09. The molecular weight excluding hydrogens is 217 g/mol. The molecule has 0 atom stereocenters. The third kappa shape index (κ3) is 2.11. The maximum atomic E-state index is 13.7. The van der Waals surface area contributed by atoms with Gasteiger partial charge in [-0.2, -0.15) is 0 Å². The summed E-state index contributed by atoms with van der Waals surface area (Å²) in [4.78, 5) is 8.49.